The van der Waals surface area contributed by atoms with Gasteiger partial charge in [0.15, 0.2) is 5.82 Å². The van der Waals surface area contributed by atoms with Crippen LogP contribution in [0.4, 0.5) is 0 Å². The molecule has 1 saturated heterocycles. The minimum atomic E-state index is -0.00905. The number of hydrogen-bond acceptors (Lipinski definition) is 5. The molecule has 0 spiro atoms. The molecule has 1 fully saturated rings. The second-order valence-corrected chi connectivity index (χ2v) is 6.84. The minimum absolute atomic E-state index is 0.00905. The molecule has 3 heterocycles. The molecular formula is C20H23N5O2. The first-order valence-corrected chi connectivity index (χ1v) is 9.27. The van der Waals surface area contributed by atoms with E-state index in [4.69, 9.17) is 4.42 Å². The van der Waals surface area contributed by atoms with Gasteiger partial charge in [-0.1, -0.05) is 30.3 Å². The summed E-state index contributed by atoms with van der Waals surface area (Å²) in [5.74, 6) is 2.29. The van der Waals surface area contributed by atoms with Crippen molar-refractivity contribution in [3.05, 3.63) is 60.3 Å². The molecule has 3 aromatic rings. The fourth-order valence-corrected chi connectivity index (χ4v) is 3.44. The Kier molecular flexibility index (Phi) is 5.29. The van der Waals surface area contributed by atoms with Gasteiger partial charge in [0, 0.05) is 12.1 Å². The van der Waals surface area contributed by atoms with E-state index in [0.717, 1.165) is 43.8 Å². The van der Waals surface area contributed by atoms with Crippen molar-refractivity contribution in [1.29, 1.82) is 0 Å². The fraction of sp³-hybridized carbons (Fsp3) is 0.350. The van der Waals surface area contributed by atoms with E-state index in [0.29, 0.717) is 18.2 Å². The van der Waals surface area contributed by atoms with Gasteiger partial charge < -0.3 is 9.73 Å². The van der Waals surface area contributed by atoms with Crippen molar-refractivity contribution in [2.24, 2.45) is 5.92 Å². The molecule has 0 unspecified atom stereocenters. The van der Waals surface area contributed by atoms with Crippen LogP contribution in [0.1, 0.15) is 24.4 Å². The number of aromatic amines is 1. The number of piperidine rings is 1. The molecule has 4 rings (SSSR count). The summed E-state index contributed by atoms with van der Waals surface area (Å²) in [6.07, 6.45) is 3.61. The SMILES string of the molecule is O=C(NCc1nc(-c2ccccc2)n[nH]1)[C@H]1CCCN(Cc2ccco2)C1. The Morgan fingerprint density at radius 3 is 2.96 bits per heavy atom. The Labute approximate surface area is 157 Å². The predicted molar refractivity (Wildman–Crippen MR) is 100 cm³/mol. The zero-order valence-corrected chi connectivity index (χ0v) is 15.1. The molecular weight excluding hydrogens is 342 g/mol. The van der Waals surface area contributed by atoms with Gasteiger partial charge in [-0.05, 0) is 31.5 Å². The number of benzene rings is 1. The van der Waals surface area contributed by atoms with Gasteiger partial charge >= 0.3 is 0 Å². The number of rotatable bonds is 6. The maximum absolute atomic E-state index is 12.6. The molecule has 1 aliphatic rings. The predicted octanol–water partition coefficient (Wildman–Crippen LogP) is 2.59. The molecule has 0 aliphatic carbocycles. The summed E-state index contributed by atoms with van der Waals surface area (Å²) < 4.78 is 5.41. The van der Waals surface area contributed by atoms with Crippen molar-refractivity contribution in [3.8, 4) is 11.4 Å². The number of furan rings is 1. The van der Waals surface area contributed by atoms with E-state index in [1.54, 1.807) is 6.26 Å². The third-order valence-electron chi connectivity index (χ3n) is 4.83. The third-order valence-corrected chi connectivity index (χ3v) is 4.83. The number of nitrogens with zero attached hydrogens (tertiary/aromatic N) is 3. The lowest BCUT2D eigenvalue weighted by atomic mass is 9.97. The summed E-state index contributed by atoms with van der Waals surface area (Å²) in [4.78, 5) is 19.3. The number of likely N-dealkylation sites (tertiary alicyclic amines) is 1. The summed E-state index contributed by atoms with van der Waals surface area (Å²) >= 11 is 0. The van der Waals surface area contributed by atoms with Gasteiger partial charge in [0.2, 0.25) is 5.91 Å². The van der Waals surface area contributed by atoms with Crippen LogP contribution >= 0.6 is 0 Å². The Morgan fingerprint density at radius 1 is 1.26 bits per heavy atom. The van der Waals surface area contributed by atoms with Crippen molar-refractivity contribution in [2.75, 3.05) is 13.1 Å². The summed E-state index contributed by atoms with van der Waals surface area (Å²) in [7, 11) is 0. The normalized spacial score (nSPS) is 17.7. The van der Waals surface area contributed by atoms with Crippen LogP contribution in [0.2, 0.25) is 0 Å². The van der Waals surface area contributed by atoms with Gasteiger partial charge in [-0.25, -0.2) is 4.98 Å². The molecule has 2 N–H and O–H groups in total. The average Bonchev–Trinajstić information content (AvgIpc) is 3.39. The first-order valence-electron chi connectivity index (χ1n) is 9.27. The van der Waals surface area contributed by atoms with Crippen LogP contribution in [0.3, 0.4) is 0 Å². The number of amides is 1. The van der Waals surface area contributed by atoms with Gasteiger partial charge in [0.25, 0.3) is 0 Å². The highest BCUT2D eigenvalue weighted by Gasteiger charge is 2.26. The maximum atomic E-state index is 12.6. The van der Waals surface area contributed by atoms with Crippen LogP contribution in [0.5, 0.6) is 0 Å². The summed E-state index contributed by atoms with van der Waals surface area (Å²) in [6.45, 7) is 2.85. The van der Waals surface area contributed by atoms with Crippen molar-refractivity contribution in [1.82, 2.24) is 25.4 Å². The smallest absolute Gasteiger partial charge is 0.224 e. The van der Waals surface area contributed by atoms with Crippen LogP contribution in [-0.2, 0) is 17.9 Å². The van der Waals surface area contributed by atoms with Crippen molar-refractivity contribution in [3.63, 3.8) is 0 Å². The van der Waals surface area contributed by atoms with Crippen LogP contribution < -0.4 is 5.32 Å². The quantitative estimate of drug-likeness (QED) is 0.701. The number of hydrogen-bond donors (Lipinski definition) is 2. The molecule has 2 aromatic heterocycles. The standard InChI is InChI=1S/C20H23N5O2/c26-20(16-8-4-10-25(13-16)14-17-9-5-11-27-17)21-12-18-22-19(24-23-18)15-6-2-1-3-7-15/h1-3,5-7,9,11,16H,4,8,10,12-14H2,(H,21,26)(H,22,23,24)/t16-/m0/s1. The molecule has 1 aromatic carbocycles. The van der Waals surface area contributed by atoms with Gasteiger partial charge in [0.1, 0.15) is 11.6 Å². The first-order chi connectivity index (χ1) is 13.3. The summed E-state index contributed by atoms with van der Waals surface area (Å²) in [6, 6.07) is 13.6. The lowest BCUT2D eigenvalue weighted by Crippen LogP contribution is -2.42. The van der Waals surface area contributed by atoms with Crippen LogP contribution in [0.15, 0.2) is 53.1 Å². The second kappa shape index (κ2) is 8.18. The lowest BCUT2D eigenvalue weighted by Gasteiger charge is -2.31. The average molecular weight is 365 g/mol. The summed E-state index contributed by atoms with van der Waals surface area (Å²) in [5.41, 5.74) is 0.951. The van der Waals surface area contributed by atoms with E-state index in [1.165, 1.54) is 0 Å². The lowest BCUT2D eigenvalue weighted by molar-refractivity contribution is -0.127. The molecule has 27 heavy (non-hydrogen) atoms. The topological polar surface area (TPSA) is 87.0 Å². The number of aromatic nitrogens is 3. The second-order valence-electron chi connectivity index (χ2n) is 6.84. The highest BCUT2D eigenvalue weighted by atomic mass is 16.3. The zero-order chi connectivity index (χ0) is 18.5. The number of carbonyl (C=O) groups is 1. The molecule has 7 heteroatoms. The van der Waals surface area contributed by atoms with Crippen molar-refractivity contribution >= 4 is 5.91 Å². The molecule has 1 aliphatic heterocycles. The van der Waals surface area contributed by atoms with E-state index in [1.807, 2.05) is 42.5 Å². The van der Waals surface area contributed by atoms with Crippen LogP contribution in [0, 0.1) is 5.92 Å². The Bertz CT molecular complexity index is 860. The van der Waals surface area contributed by atoms with Crippen LogP contribution in [-0.4, -0.2) is 39.1 Å². The monoisotopic (exact) mass is 365 g/mol. The fourth-order valence-electron chi connectivity index (χ4n) is 3.44. The molecule has 0 saturated carbocycles. The van der Waals surface area contributed by atoms with Gasteiger partial charge in [0.05, 0.1) is 25.3 Å². The largest absolute Gasteiger partial charge is 0.468 e. The third kappa shape index (κ3) is 4.43. The zero-order valence-electron chi connectivity index (χ0n) is 15.1. The van der Waals surface area contributed by atoms with Gasteiger partial charge in [-0.3, -0.25) is 14.8 Å². The molecule has 0 radical (unpaired) electrons. The maximum Gasteiger partial charge on any atom is 0.224 e. The van der Waals surface area contributed by atoms with E-state index in [-0.39, 0.29) is 11.8 Å². The molecule has 7 nitrogen and oxygen atoms in total. The molecule has 140 valence electrons. The van der Waals surface area contributed by atoms with Crippen molar-refractivity contribution in [2.45, 2.75) is 25.9 Å². The minimum Gasteiger partial charge on any atom is -0.468 e. The Balaban J connectivity index is 1.29. The Morgan fingerprint density at radius 2 is 2.15 bits per heavy atom. The number of nitrogens with one attached hydrogen (secondary N) is 2. The first kappa shape index (κ1) is 17.5. The highest BCUT2D eigenvalue weighted by Crippen LogP contribution is 2.19. The van der Waals surface area contributed by atoms with Crippen molar-refractivity contribution < 1.29 is 9.21 Å². The number of H-pyrrole nitrogens is 1. The van der Waals surface area contributed by atoms with Gasteiger partial charge in [-0.2, -0.15) is 5.10 Å². The number of carbonyl (C=O) groups excluding carboxylic acids is 1. The van der Waals surface area contributed by atoms with E-state index in [2.05, 4.69) is 25.4 Å². The van der Waals surface area contributed by atoms with E-state index < -0.39 is 0 Å². The highest BCUT2D eigenvalue weighted by molar-refractivity contribution is 5.78. The van der Waals surface area contributed by atoms with E-state index >= 15 is 0 Å². The Hall–Kier alpha value is -2.93. The summed E-state index contributed by atoms with van der Waals surface area (Å²) in [5, 5.41) is 10.1. The van der Waals surface area contributed by atoms with Crippen LogP contribution in [0.25, 0.3) is 11.4 Å². The molecule has 1 atom stereocenters. The van der Waals surface area contributed by atoms with Gasteiger partial charge in [-0.15, -0.1) is 0 Å². The van der Waals surface area contributed by atoms with E-state index in [9.17, 15) is 4.79 Å². The molecule has 0 bridgehead atoms. The molecule has 1 amide bonds.